The molecule has 2 N–H and O–H groups in total. The van der Waals surface area contributed by atoms with E-state index in [-0.39, 0.29) is 27.7 Å². The van der Waals surface area contributed by atoms with Crippen LogP contribution in [0, 0.1) is 5.92 Å². The summed E-state index contributed by atoms with van der Waals surface area (Å²) in [6.45, 7) is 3.63. The molecule has 1 saturated heterocycles. The third kappa shape index (κ3) is 5.76. The quantitative estimate of drug-likeness (QED) is 0.631. The molecule has 0 aliphatic carbocycles. The van der Waals surface area contributed by atoms with E-state index in [0.717, 1.165) is 37.0 Å². The second kappa shape index (κ2) is 10.5. The molecule has 0 spiro atoms. The number of aromatic nitrogens is 2. The van der Waals surface area contributed by atoms with Crippen molar-refractivity contribution >= 4 is 46.3 Å². The molecule has 1 atom stereocenters. The van der Waals surface area contributed by atoms with E-state index in [9.17, 15) is 14.4 Å². The van der Waals surface area contributed by atoms with Crippen LogP contribution in [-0.2, 0) is 4.79 Å². The number of benzene rings is 1. The van der Waals surface area contributed by atoms with Gasteiger partial charge in [-0.3, -0.25) is 14.4 Å². The van der Waals surface area contributed by atoms with Crippen molar-refractivity contribution in [3.63, 3.8) is 0 Å². The first-order chi connectivity index (χ1) is 14.5. The van der Waals surface area contributed by atoms with Crippen LogP contribution in [0.2, 0.25) is 5.02 Å². The van der Waals surface area contributed by atoms with Gasteiger partial charge in [0.05, 0.1) is 5.92 Å². The number of piperidine rings is 1. The zero-order valence-electron chi connectivity index (χ0n) is 16.7. The predicted molar refractivity (Wildman–Crippen MR) is 116 cm³/mol. The average molecular weight is 450 g/mol. The van der Waals surface area contributed by atoms with Crippen LogP contribution >= 0.6 is 22.9 Å². The summed E-state index contributed by atoms with van der Waals surface area (Å²) in [5.41, 5.74) is 0.531. The number of carbonyl (C=O) groups excluding carboxylic acids is 3. The topological polar surface area (TPSA) is 104 Å². The maximum Gasteiger partial charge on any atom is 0.286 e. The Morgan fingerprint density at radius 2 is 2.07 bits per heavy atom. The Labute approximate surface area is 184 Å². The minimum Gasteiger partial charge on any atom is -0.356 e. The van der Waals surface area contributed by atoms with Crippen molar-refractivity contribution in [1.82, 2.24) is 20.4 Å². The first kappa shape index (κ1) is 22.2. The molecule has 1 aliphatic heterocycles. The van der Waals surface area contributed by atoms with Gasteiger partial charge in [-0.25, -0.2) is 0 Å². The number of nitrogens with one attached hydrogen (secondary N) is 2. The number of amides is 3. The Balaban J connectivity index is 1.59. The van der Waals surface area contributed by atoms with Gasteiger partial charge in [0.2, 0.25) is 15.9 Å². The highest BCUT2D eigenvalue weighted by atomic mass is 35.5. The molecule has 1 aromatic carbocycles. The summed E-state index contributed by atoms with van der Waals surface area (Å²) >= 11 is 6.85. The molecule has 2 heterocycles. The highest BCUT2D eigenvalue weighted by Crippen LogP contribution is 2.21. The van der Waals surface area contributed by atoms with E-state index < -0.39 is 5.91 Å². The van der Waals surface area contributed by atoms with E-state index >= 15 is 0 Å². The van der Waals surface area contributed by atoms with Crippen molar-refractivity contribution in [2.75, 3.05) is 25.0 Å². The largest absolute Gasteiger partial charge is 0.356 e. The Kier molecular flexibility index (Phi) is 7.75. The second-order valence-corrected chi connectivity index (χ2v) is 8.53. The Morgan fingerprint density at radius 1 is 1.27 bits per heavy atom. The van der Waals surface area contributed by atoms with Gasteiger partial charge in [-0.05, 0) is 37.5 Å². The summed E-state index contributed by atoms with van der Waals surface area (Å²) in [6, 6.07) is 6.75. The highest BCUT2D eigenvalue weighted by Gasteiger charge is 2.30. The molecule has 1 fully saturated rings. The van der Waals surface area contributed by atoms with Crippen molar-refractivity contribution in [3.05, 3.63) is 39.3 Å². The molecule has 0 bridgehead atoms. The van der Waals surface area contributed by atoms with Crippen molar-refractivity contribution in [1.29, 1.82) is 0 Å². The van der Waals surface area contributed by atoms with Gasteiger partial charge in [-0.1, -0.05) is 42.3 Å². The van der Waals surface area contributed by atoms with Crippen LogP contribution in [0.1, 0.15) is 52.2 Å². The molecule has 8 nitrogen and oxygen atoms in total. The molecule has 160 valence electrons. The number of nitrogens with zero attached hydrogens (tertiary/aromatic N) is 3. The van der Waals surface area contributed by atoms with Crippen LogP contribution < -0.4 is 10.6 Å². The van der Waals surface area contributed by atoms with Crippen molar-refractivity contribution < 1.29 is 14.4 Å². The lowest BCUT2D eigenvalue weighted by atomic mass is 9.97. The number of rotatable bonds is 7. The number of carbonyl (C=O) groups is 3. The Morgan fingerprint density at radius 3 is 2.83 bits per heavy atom. The van der Waals surface area contributed by atoms with Gasteiger partial charge in [0.25, 0.3) is 11.8 Å². The minimum absolute atomic E-state index is 0.0141. The van der Waals surface area contributed by atoms with E-state index in [0.29, 0.717) is 30.3 Å². The van der Waals surface area contributed by atoms with Gasteiger partial charge >= 0.3 is 0 Å². The standard InChI is InChI=1S/C20H24ClN5O3S/c1-2-3-9-22-16(27)13-6-5-10-26(12-13)20(29)19-25-24-18(30-19)17(28)23-15-8-4-7-14(21)11-15/h4,7-8,11,13H,2-3,5-6,9-10,12H2,1H3,(H,22,27)(H,23,28)/t13-/m0/s1. The molecule has 2 aromatic rings. The van der Waals surface area contributed by atoms with Gasteiger partial charge in [0.1, 0.15) is 0 Å². The van der Waals surface area contributed by atoms with Crippen LogP contribution in [0.15, 0.2) is 24.3 Å². The molecule has 3 rings (SSSR count). The lowest BCUT2D eigenvalue weighted by Gasteiger charge is -2.31. The summed E-state index contributed by atoms with van der Waals surface area (Å²) in [5.74, 6) is -1.00. The normalized spacial score (nSPS) is 16.2. The van der Waals surface area contributed by atoms with Gasteiger partial charge in [-0.15, -0.1) is 10.2 Å². The number of unbranched alkanes of at least 4 members (excludes halogenated alkanes) is 1. The van der Waals surface area contributed by atoms with E-state index in [1.54, 1.807) is 29.2 Å². The number of anilines is 1. The molecule has 1 aliphatic rings. The molecule has 0 unspecified atom stereocenters. The summed E-state index contributed by atoms with van der Waals surface area (Å²) in [6.07, 6.45) is 3.45. The first-order valence-corrected chi connectivity index (χ1v) is 11.1. The first-order valence-electron chi connectivity index (χ1n) is 9.95. The third-order valence-electron chi connectivity index (χ3n) is 4.79. The third-order valence-corrected chi connectivity index (χ3v) is 5.94. The fourth-order valence-corrected chi connectivity index (χ4v) is 4.09. The number of hydrogen-bond donors (Lipinski definition) is 2. The number of halogens is 1. The van der Waals surface area contributed by atoms with E-state index in [4.69, 9.17) is 11.6 Å². The monoisotopic (exact) mass is 449 g/mol. The average Bonchev–Trinajstić information content (AvgIpc) is 3.24. The summed E-state index contributed by atoms with van der Waals surface area (Å²) < 4.78 is 0. The van der Waals surface area contributed by atoms with Crippen LogP contribution in [-0.4, -0.2) is 52.5 Å². The summed E-state index contributed by atoms with van der Waals surface area (Å²) in [4.78, 5) is 39.1. The van der Waals surface area contributed by atoms with Gasteiger partial charge in [0, 0.05) is 30.3 Å². The molecule has 30 heavy (non-hydrogen) atoms. The lowest BCUT2D eigenvalue weighted by molar-refractivity contribution is -0.126. The molecule has 10 heteroatoms. The maximum absolute atomic E-state index is 12.8. The molecule has 3 amide bonds. The van der Waals surface area contributed by atoms with Crippen LogP contribution in [0.4, 0.5) is 5.69 Å². The molecule has 0 radical (unpaired) electrons. The SMILES string of the molecule is CCCCNC(=O)[C@H]1CCCN(C(=O)c2nnc(C(=O)Nc3cccc(Cl)c3)s2)C1. The highest BCUT2D eigenvalue weighted by molar-refractivity contribution is 7.15. The van der Waals surface area contributed by atoms with Crippen molar-refractivity contribution in [2.45, 2.75) is 32.6 Å². The van der Waals surface area contributed by atoms with Crippen LogP contribution in [0.3, 0.4) is 0 Å². The second-order valence-electron chi connectivity index (χ2n) is 7.11. The van der Waals surface area contributed by atoms with Crippen molar-refractivity contribution in [2.24, 2.45) is 5.92 Å². The Hall–Kier alpha value is -2.52. The van der Waals surface area contributed by atoms with Crippen LogP contribution in [0.5, 0.6) is 0 Å². The number of hydrogen-bond acceptors (Lipinski definition) is 6. The fourth-order valence-electron chi connectivity index (χ4n) is 3.20. The maximum atomic E-state index is 12.8. The fraction of sp³-hybridized carbons (Fsp3) is 0.450. The van der Waals surface area contributed by atoms with E-state index in [1.807, 2.05) is 0 Å². The van der Waals surface area contributed by atoms with E-state index in [2.05, 4.69) is 27.8 Å². The lowest BCUT2D eigenvalue weighted by Crippen LogP contribution is -2.45. The van der Waals surface area contributed by atoms with Gasteiger partial charge in [0.15, 0.2) is 0 Å². The zero-order valence-corrected chi connectivity index (χ0v) is 18.3. The molecule has 0 saturated carbocycles. The summed E-state index contributed by atoms with van der Waals surface area (Å²) in [5, 5.41) is 14.1. The van der Waals surface area contributed by atoms with Gasteiger partial charge in [-0.2, -0.15) is 0 Å². The van der Waals surface area contributed by atoms with Crippen LogP contribution in [0.25, 0.3) is 0 Å². The predicted octanol–water partition coefficient (Wildman–Crippen LogP) is 3.21. The molecular weight excluding hydrogens is 426 g/mol. The van der Waals surface area contributed by atoms with E-state index in [1.165, 1.54) is 0 Å². The number of likely N-dealkylation sites (tertiary alicyclic amines) is 1. The molecule has 1 aromatic heterocycles. The molecular formula is C20H24ClN5O3S. The Bertz CT molecular complexity index is 919. The van der Waals surface area contributed by atoms with Gasteiger partial charge < -0.3 is 15.5 Å². The zero-order chi connectivity index (χ0) is 21.5. The summed E-state index contributed by atoms with van der Waals surface area (Å²) in [7, 11) is 0. The smallest absolute Gasteiger partial charge is 0.286 e. The van der Waals surface area contributed by atoms with Crippen molar-refractivity contribution in [3.8, 4) is 0 Å². The minimum atomic E-state index is -0.458.